The molecule has 0 N–H and O–H groups in total. The standard InChI is InChI=1S/C15H20ClNO/c1-11-7-8-17(9-12(11)2)10-15(18)13-3-5-14(16)6-4-13/h3-6,11-12H,7-10H2,1-2H3. The number of nitrogens with zero attached hydrogens (tertiary/aromatic N) is 1. The summed E-state index contributed by atoms with van der Waals surface area (Å²) >= 11 is 5.82. The molecule has 98 valence electrons. The van der Waals surface area contributed by atoms with Crippen molar-refractivity contribution in [1.82, 2.24) is 4.90 Å². The van der Waals surface area contributed by atoms with E-state index in [0.717, 1.165) is 24.6 Å². The van der Waals surface area contributed by atoms with Crippen molar-refractivity contribution in [1.29, 1.82) is 0 Å². The molecule has 0 saturated carbocycles. The van der Waals surface area contributed by atoms with E-state index in [4.69, 9.17) is 11.6 Å². The molecule has 2 rings (SSSR count). The molecule has 1 saturated heterocycles. The Morgan fingerprint density at radius 2 is 1.94 bits per heavy atom. The summed E-state index contributed by atoms with van der Waals surface area (Å²) in [5.74, 6) is 1.64. The molecule has 0 spiro atoms. The van der Waals surface area contributed by atoms with Crippen molar-refractivity contribution in [2.24, 2.45) is 11.8 Å². The van der Waals surface area contributed by atoms with Crippen LogP contribution >= 0.6 is 11.6 Å². The van der Waals surface area contributed by atoms with E-state index in [1.165, 1.54) is 6.42 Å². The normalized spacial score (nSPS) is 25.1. The predicted molar refractivity (Wildman–Crippen MR) is 75.2 cm³/mol. The second kappa shape index (κ2) is 5.85. The average Bonchev–Trinajstić information content (AvgIpc) is 2.34. The van der Waals surface area contributed by atoms with Crippen molar-refractivity contribution >= 4 is 17.4 Å². The SMILES string of the molecule is CC1CCN(CC(=O)c2ccc(Cl)cc2)CC1C. The molecule has 0 aromatic heterocycles. The first-order chi connectivity index (χ1) is 8.56. The zero-order chi connectivity index (χ0) is 13.1. The number of carbonyl (C=O) groups excluding carboxylic acids is 1. The molecule has 1 aliphatic rings. The maximum atomic E-state index is 12.1. The molecule has 0 radical (unpaired) electrons. The van der Waals surface area contributed by atoms with E-state index in [2.05, 4.69) is 18.7 Å². The van der Waals surface area contributed by atoms with Crippen LogP contribution in [0.25, 0.3) is 0 Å². The van der Waals surface area contributed by atoms with E-state index >= 15 is 0 Å². The number of rotatable bonds is 3. The third-order valence-electron chi connectivity index (χ3n) is 3.95. The molecule has 3 heteroatoms. The number of ketones is 1. The van der Waals surface area contributed by atoms with E-state index in [0.29, 0.717) is 17.5 Å². The number of halogens is 1. The quantitative estimate of drug-likeness (QED) is 0.780. The highest BCUT2D eigenvalue weighted by molar-refractivity contribution is 6.30. The lowest BCUT2D eigenvalue weighted by Gasteiger charge is -2.34. The lowest BCUT2D eigenvalue weighted by atomic mass is 9.88. The Balaban J connectivity index is 1.93. The molecule has 2 unspecified atom stereocenters. The van der Waals surface area contributed by atoms with Crippen molar-refractivity contribution in [3.05, 3.63) is 34.9 Å². The molecular weight excluding hydrogens is 246 g/mol. The molecule has 0 amide bonds. The van der Waals surface area contributed by atoms with Gasteiger partial charge in [-0.2, -0.15) is 0 Å². The van der Waals surface area contributed by atoms with Crippen LogP contribution in [0.3, 0.4) is 0 Å². The number of benzene rings is 1. The fraction of sp³-hybridized carbons (Fsp3) is 0.533. The minimum Gasteiger partial charge on any atom is -0.296 e. The molecule has 0 bridgehead atoms. The Bertz CT molecular complexity index is 415. The molecule has 1 aliphatic heterocycles. The van der Waals surface area contributed by atoms with E-state index in [-0.39, 0.29) is 5.78 Å². The second-order valence-electron chi connectivity index (χ2n) is 5.41. The van der Waals surface area contributed by atoms with Gasteiger partial charge >= 0.3 is 0 Å². The largest absolute Gasteiger partial charge is 0.296 e. The molecule has 18 heavy (non-hydrogen) atoms. The number of hydrogen-bond acceptors (Lipinski definition) is 2. The second-order valence-corrected chi connectivity index (χ2v) is 5.84. The van der Waals surface area contributed by atoms with Gasteiger partial charge in [0, 0.05) is 17.1 Å². The summed E-state index contributed by atoms with van der Waals surface area (Å²) in [4.78, 5) is 14.4. The molecule has 2 atom stereocenters. The molecule has 2 nitrogen and oxygen atoms in total. The summed E-state index contributed by atoms with van der Waals surface area (Å²) in [5, 5.41) is 0.673. The summed E-state index contributed by atoms with van der Waals surface area (Å²) in [5.41, 5.74) is 0.755. The zero-order valence-electron chi connectivity index (χ0n) is 11.0. The van der Waals surface area contributed by atoms with Crippen molar-refractivity contribution < 1.29 is 4.79 Å². The number of hydrogen-bond donors (Lipinski definition) is 0. The van der Waals surface area contributed by atoms with Crippen LogP contribution in [0, 0.1) is 11.8 Å². The first kappa shape index (κ1) is 13.6. The van der Waals surface area contributed by atoms with Gasteiger partial charge in [0.1, 0.15) is 0 Å². The third kappa shape index (κ3) is 3.33. The van der Waals surface area contributed by atoms with Crippen molar-refractivity contribution in [3.8, 4) is 0 Å². The van der Waals surface area contributed by atoms with Gasteiger partial charge in [0.2, 0.25) is 0 Å². The first-order valence-corrected chi connectivity index (χ1v) is 6.95. The van der Waals surface area contributed by atoms with Gasteiger partial charge in [-0.05, 0) is 49.1 Å². The van der Waals surface area contributed by atoms with Crippen molar-refractivity contribution in [2.45, 2.75) is 20.3 Å². The number of piperidine rings is 1. The lowest BCUT2D eigenvalue weighted by molar-refractivity contribution is 0.0849. The number of likely N-dealkylation sites (tertiary alicyclic amines) is 1. The summed E-state index contributed by atoms with van der Waals surface area (Å²) in [6.07, 6.45) is 1.19. The highest BCUT2D eigenvalue weighted by atomic mass is 35.5. The first-order valence-electron chi connectivity index (χ1n) is 6.57. The monoisotopic (exact) mass is 265 g/mol. The van der Waals surface area contributed by atoms with Crippen molar-refractivity contribution in [3.63, 3.8) is 0 Å². The van der Waals surface area contributed by atoms with Gasteiger partial charge in [-0.15, -0.1) is 0 Å². The van der Waals surface area contributed by atoms with Crippen LogP contribution in [-0.2, 0) is 0 Å². The Kier molecular flexibility index (Phi) is 4.41. The molecule has 1 aromatic carbocycles. The van der Waals surface area contributed by atoms with Crippen LogP contribution in [0.1, 0.15) is 30.6 Å². The Hall–Kier alpha value is -0.860. The fourth-order valence-corrected chi connectivity index (χ4v) is 2.55. The van der Waals surface area contributed by atoms with Gasteiger partial charge in [-0.3, -0.25) is 9.69 Å². The summed E-state index contributed by atoms with van der Waals surface area (Å²) < 4.78 is 0. The van der Waals surface area contributed by atoms with Gasteiger partial charge in [-0.25, -0.2) is 0 Å². The van der Waals surface area contributed by atoms with Gasteiger partial charge in [0.25, 0.3) is 0 Å². The summed E-state index contributed by atoms with van der Waals surface area (Å²) in [6.45, 7) is 7.15. The Labute approximate surface area is 114 Å². The van der Waals surface area contributed by atoms with Gasteiger partial charge < -0.3 is 0 Å². The van der Waals surface area contributed by atoms with E-state index < -0.39 is 0 Å². The van der Waals surface area contributed by atoms with Crippen molar-refractivity contribution in [2.75, 3.05) is 19.6 Å². The molecule has 1 heterocycles. The summed E-state index contributed by atoms with van der Waals surface area (Å²) in [6, 6.07) is 7.16. The topological polar surface area (TPSA) is 20.3 Å². The number of Topliss-reactive ketones (excluding diaryl/α,β-unsaturated/α-hetero) is 1. The molecule has 0 aliphatic carbocycles. The van der Waals surface area contributed by atoms with E-state index in [1.807, 2.05) is 0 Å². The van der Waals surface area contributed by atoms with Crippen LogP contribution in [0.5, 0.6) is 0 Å². The van der Waals surface area contributed by atoms with E-state index in [9.17, 15) is 4.79 Å². The van der Waals surface area contributed by atoms with Crippen LogP contribution in [0.4, 0.5) is 0 Å². The molecular formula is C15H20ClNO. The van der Waals surface area contributed by atoms with Crippen LogP contribution in [0.15, 0.2) is 24.3 Å². The van der Waals surface area contributed by atoms with Gasteiger partial charge in [0.15, 0.2) is 5.78 Å². The zero-order valence-corrected chi connectivity index (χ0v) is 11.8. The van der Waals surface area contributed by atoms with Gasteiger partial charge in [0.05, 0.1) is 6.54 Å². The maximum absolute atomic E-state index is 12.1. The van der Waals surface area contributed by atoms with Crippen LogP contribution in [0.2, 0.25) is 5.02 Å². The highest BCUT2D eigenvalue weighted by Crippen LogP contribution is 2.22. The minimum absolute atomic E-state index is 0.188. The minimum atomic E-state index is 0.188. The van der Waals surface area contributed by atoms with E-state index in [1.54, 1.807) is 24.3 Å². The Morgan fingerprint density at radius 3 is 2.56 bits per heavy atom. The van der Waals surface area contributed by atoms with Crippen LogP contribution < -0.4 is 0 Å². The lowest BCUT2D eigenvalue weighted by Crippen LogP contribution is -2.41. The predicted octanol–water partition coefficient (Wildman–Crippen LogP) is 3.50. The maximum Gasteiger partial charge on any atom is 0.176 e. The summed E-state index contributed by atoms with van der Waals surface area (Å²) in [7, 11) is 0. The molecule has 1 aromatic rings. The average molecular weight is 266 g/mol. The number of carbonyl (C=O) groups is 1. The van der Waals surface area contributed by atoms with Crippen LogP contribution in [-0.4, -0.2) is 30.3 Å². The third-order valence-corrected chi connectivity index (χ3v) is 4.20. The fourth-order valence-electron chi connectivity index (χ4n) is 2.42. The molecule has 1 fully saturated rings. The smallest absolute Gasteiger partial charge is 0.176 e. The van der Waals surface area contributed by atoms with Gasteiger partial charge in [-0.1, -0.05) is 25.4 Å². The Morgan fingerprint density at radius 1 is 1.28 bits per heavy atom. The highest BCUT2D eigenvalue weighted by Gasteiger charge is 2.24.